The number of aliphatic carboxylic acids is 1. The van der Waals surface area contributed by atoms with E-state index in [4.69, 9.17) is 5.11 Å². The van der Waals surface area contributed by atoms with Crippen molar-refractivity contribution >= 4 is 11.9 Å². The van der Waals surface area contributed by atoms with Crippen LogP contribution in [0.3, 0.4) is 0 Å². The maximum Gasteiger partial charge on any atom is 0.411 e. The summed E-state index contributed by atoms with van der Waals surface area (Å²) in [6.07, 6.45) is -3.01. The summed E-state index contributed by atoms with van der Waals surface area (Å²) in [5.41, 5.74) is 0. The first-order chi connectivity index (χ1) is 8.76. The Morgan fingerprint density at radius 2 is 2.00 bits per heavy atom. The van der Waals surface area contributed by atoms with Crippen LogP contribution in [0, 0.1) is 0 Å². The number of unbranched alkanes of at least 4 members (excludes halogenated alkanes) is 1. The van der Waals surface area contributed by atoms with Crippen LogP contribution in [0.25, 0.3) is 0 Å². The van der Waals surface area contributed by atoms with Gasteiger partial charge in [-0.15, -0.1) is 0 Å². The number of carboxylic acids is 1. The Hall–Kier alpha value is -1.31. The summed E-state index contributed by atoms with van der Waals surface area (Å²) in [6.45, 7) is 0.0651. The second kappa shape index (κ2) is 8.73. The van der Waals surface area contributed by atoms with Gasteiger partial charge in [-0.25, -0.2) is 4.79 Å². The number of halogens is 3. The van der Waals surface area contributed by atoms with Gasteiger partial charge >= 0.3 is 12.1 Å². The fraction of sp³-hybridized carbons (Fsp3) is 0.818. The molecule has 0 rings (SSSR count). The van der Waals surface area contributed by atoms with Crippen molar-refractivity contribution in [1.82, 2.24) is 5.32 Å². The molecule has 5 nitrogen and oxygen atoms in total. The average molecular weight is 285 g/mol. The SMILES string of the molecule is CCCC[C@H](NC(=O)CCOCC(F)(F)F)C(=O)O. The maximum absolute atomic E-state index is 11.7. The molecule has 0 spiro atoms. The summed E-state index contributed by atoms with van der Waals surface area (Å²) in [5.74, 6) is -1.79. The van der Waals surface area contributed by atoms with Crippen LogP contribution in [0.2, 0.25) is 0 Å². The third-order valence-corrected chi connectivity index (χ3v) is 2.22. The number of carbonyl (C=O) groups excluding carboxylic acids is 1. The Kier molecular flexibility index (Phi) is 8.13. The quantitative estimate of drug-likeness (QED) is 0.632. The Balaban J connectivity index is 3.90. The molecule has 0 aliphatic carbocycles. The third-order valence-electron chi connectivity index (χ3n) is 2.22. The van der Waals surface area contributed by atoms with Crippen molar-refractivity contribution in [3.8, 4) is 0 Å². The van der Waals surface area contributed by atoms with Crippen LogP contribution in [-0.4, -0.2) is 42.4 Å². The normalized spacial score (nSPS) is 13.1. The monoisotopic (exact) mass is 285 g/mol. The summed E-state index contributed by atoms with van der Waals surface area (Å²) in [5, 5.41) is 11.1. The Labute approximate surface area is 109 Å². The standard InChI is InChI=1S/C11H18F3NO4/c1-2-3-4-8(10(17)18)15-9(16)5-6-19-7-11(12,13)14/h8H,2-7H2,1H3,(H,15,16)(H,17,18)/t8-/m0/s1. The highest BCUT2D eigenvalue weighted by atomic mass is 19.4. The summed E-state index contributed by atoms with van der Waals surface area (Å²) < 4.78 is 39.5. The molecule has 0 aromatic heterocycles. The Bertz CT molecular complexity index is 294. The number of hydrogen-bond acceptors (Lipinski definition) is 3. The van der Waals surface area contributed by atoms with E-state index >= 15 is 0 Å². The molecule has 1 atom stereocenters. The third kappa shape index (κ3) is 10.3. The number of carbonyl (C=O) groups is 2. The van der Waals surface area contributed by atoms with Crippen molar-refractivity contribution in [2.45, 2.75) is 44.8 Å². The lowest BCUT2D eigenvalue weighted by Crippen LogP contribution is -2.41. The molecule has 0 saturated carbocycles. The number of rotatable bonds is 9. The van der Waals surface area contributed by atoms with Gasteiger partial charge in [-0.05, 0) is 6.42 Å². The summed E-state index contributed by atoms with van der Waals surface area (Å²) in [4.78, 5) is 22.1. The van der Waals surface area contributed by atoms with E-state index in [2.05, 4.69) is 10.1 Å². The molecule has 0 aromatic rings. The van der Waals surface area contributed by atoms with Crippen LogP contribution in [0.5, 0.6) is 0 Å². The van der Waals surface area contributed by atoms with Crippen LogP contribution >= 0.6 is 0 Å². The van der Waals surface area contributed by atoms with Gasteiger partial charge in [-0.1, -0.05) is 19.8 Å². The van der Waals surface area contributed by atoms with Gasteiger partial charge in [0.25, 0.3) is 0 Å². The lowest BCUT2D eigenvalue weighted by atomic mass is 10.1. The molecule has 0 bridgehead atoms. The first-order valence-electron chi connectivity index (χ1n) is 5.93. The van der Waals surface area contributed by atoms with E-state index in [1.807, 2.05) is 6.92 Å². The first kappa shape index (κ1) is 17.7. The van der Waals surface area contributed by atoms with Crippen LogP contribution in [-0.2, 0) is 14.3 Å². The minimum absolute atomic E-state index is 0.293. The zero-order valence-corrected chi connectivity index (χ0v) is 10.6. The number of ether oxygens (including phenoxy) is 1. The second-order valence-electron chi connectivity index (χ2n) is 4.02. The van der Waals surface area contributed by atoms with E-state index < -0.39 is 37.3 Å². The van der Waals surface area contributed by atoms with Crippen LogP contribution in [0.15, 0.2) is 0 Å². The topological polar surface area (TPSA) is 75.6 Å². The molecule has 0 radical (unpaired) electrons. The van der Waals surface area contributed by atoms with E-state index in [9.17, 15) is 22.8 Å². The van der Waals surface area contributed by atoms with Gasteiger partial charge in [-0.2, -0.15) is 13.2 Å². The Morgan fingerprint density at radius 1 is 1.37 bits per heavy atom. The van der Waals surface area contributed by atoms with Crippen molar-refractivity contribution in [2.24, 2.45) is 0 Å². The molecule has 0 aliphatic heterocycles. The van der Waals surface area contributed by atoms with Crippen molar-refractivity contribution < 1.29 is 32.6 Å². The molecule has 112 valence electrons. The molecular formula is C11H18F3NO4. The molecule has 19 heavy (non-hydrogen) atoms. The van der Waals surface area contributed by atoms with Gasteiger partial charge in [0.05, 0.1) is 6.61 Å². The zero-order valence-electron chi connectivity index (χ0n) is 10.6. The van der Waals surface area contributed by atoms with E-state index in [0.29, 0.717) is 12.8 Å². The largest absolute Gasteiger partial charge is 0.480 e. The van der Waals surface area contributed by atoms with Gasteiger partial charge < -0.3 is 15.2 Å². The molecule has 0 fully saturated rings. The fourth-order valence-electron chi connectivity index (χ4n) is 1.28. The number of amides is 1. The van der Waals surface area contributed by atoms with E-state index in [1.54, 1.807) is 0 Å². The number of hydrogen-bond donors (Lipinski definition) is 2. The number of alkyl halides is 3. The van der Waals surface area contributed by atoms with E-state index in [1.165, 1.54) is 0 Å². The van der Waals surface area contributed by atoms with Crippen molar-refractivity contribution in [3.63, 3.8) is 0 Å². The summed E-state index contributed by atoms with van der Waals surface area (Å²) >= 11 is 0. The van der Waals surface area contributed by atoms with E-state index in [0.717, 1.165) is 6.42 Å². The minimum atomic E-state index is -4.43. The molecule has 0 unspecified atom stereocenters. The molecule has 0 aromatic carbocycles. The smallest absolute Gasteiger partial charge is 0.411 e. The summed E-state index contributed by atoms with van der Waals surface area (Å²) in [7, 11) is 0. The van der Waals surface area contributed by atoms with Crippen LogP contribution in [0.4, 0.5) is 13.2 Å². The highest BCUT2D eigenvalue weighted by Crippen LogP contribution is 2.14. The molecule has 1 amide bonds. The molecule has 0 aliphatic rings. The zero-order chi connectivity index (χ0) is 14.9. The van der Waals surface area contributed by atoms with E-state index in [-0.39, 0.29) is 6.42 Å². The highest BCUT2D eigenvalue weighted by Gasteiger charge is 2.27. The number of carboxylic acid groups (broad SMARTS) is 1. The van der Waals surface area contributed by atoms with Gasteiger partial charge in [0, 0.05) is 6.42 Å². The predicted octanol–water partition coefficient (Wildman–Crippen LogP) is 1.71. The maximum atomic E-state index is 11.7. The molecular weight excluding hydrogens is 267 g/mol. The molecule has 8 heteroatoms. The first-order valence-corrected chi connectivity index (χ1v) is 5.93. The average Bonchev–Trinajstić information content (AvgIpc) is 2.28. The number of nitrogens with one attached hydrogen (secondary N) is 1. The van der Waals surface area contributed by atoms with Crippen molar-refractivity contribution in [1.29, 1.82) is 0 Å². The molecule has 2 N–H and O–H groups in total. The molecule has 0 saturated heterocycles. The highest BCUT2D eigenvalue weighted by molar-refractivity contribution is 5.83. The lowest BCUT2D eigenvalue weighted by molar-refractivity contribution is -0.174. The second-order valence-corrected chi connectivity index (χ2v) is 4.02. The van der Waals surface area contributed by atoms with Crippen molar-refractivity contribution in [3.05, 3.63) is 0 Å². The van der Waals surface area contributed by atoms with Gasteiger partial charge in [-0.3, -0.25) is 4.79 Å². The van der Waals surface area contributed by atoms with Crippen molar-refractivity contribution in [2.75, 3.05) is 13.2 Å². The Morgan fingerprint density at radius 3 is 2.47 bits per heavy atom. The predicted molar refractivity (Wildman–Crippen MR) is 60.6 cm³/mol. The summed E-state index contributed by atoms with van der Waals surface area (Å²) in [6, 6.07) is -1.00. The molecule has 0 heterocycles. The van der Waals surface area contributed by atoms with Gasteiger partial charge in [0.2, 0.25) is 5.91 Å². The van der Waals surface area contributed by atoms with Crippen LogP contribution < -0.4 is 5.32 Å². The lowest BCUT2D eigenvalue weighted by Gasteiger charge is -2.14. The van der Waals surface area contributed by atoms with Gasteiger partial charge in [0.15, 0.2) is 0 Å². The van der Waals surface area contributed by atoms with Crippen LogP contribution in [0.1, 0.15) is 32.6 Å². The van der Waals surface area contributed by atoms with Gasteiger partial charge in [0.1, 0.15) is 12.6 Å². The fourth-order valence-corrected chi connectivity index (χ4v) is 1.28. The minimum Gasteiger partial charge on any atom is -0.480 e.